The number of nitrogens with one attached hydrogen (secondary N) is 2. The molecule has 0 fully saturated rings. The minimum Gasteiger partial charge on any atom is -0.497 e. The molecule has 0 aliphatic heterocycles. The Morgan fingerprint density at radius 1 is 1.13 bits per heavy atom. The van der Waals surface area contributed by atoms with Crippen molar-refractivity contribution in [1.29, 1.82) is 0 Å². The maximum Gasteiger partial charge on any atom is 0.326 e. The average Bonchev–Trinajstić information content (AvgIpc) is 3.26. The summed E-state index contributed by atoms with van der Waals surface area (Å²) in [6.45, 7) is 8.54. The van der Waals surface area contributed by atoms with Gasteiger partial charge in [0.1, 0.15) is 29.5 Å². The molecule has 2 unspecified atom stereocenters. The van der Waals surface area contributed by atoms with Crippen molar-refractivity contribution in [3.05, 3.63) is 42.5 Å². The molecule has 4 N–H and O–H groups in total. The summed E-state index contributed by atoms with van der Waals surface area (Å²) in [5.74, 6) is -0.411. The molecule has 38 heavy (non-hydrogen) atoms. The Morgan fingerprint density at radius 3 is 2.45 bits per heavy atom. The van der Waals surface area contributed by atoms with Crippen LogP contribution in [0.4, 0.5) is 5.82 Å². The Kier molecular flexibility index (Phi) is 9.08. The fourth-order valence-corrected chi connectivity index (χ4v) is 5.62. The molecule has 3 aromatic rings. The summed E-state index contributed by atoms with van der Waals surface area (Å²) in [5.41, 5.74) is 5.70. The number of nitrogen functional groups attached to an aromatic ring is 1. The second-order valence-electron chi connectivity index (χ2n) is 9.53. The van der Waals surface area contributed by atoms with Gasteiger partial charge in [-0.1, -0.05) is 0 Å². The standard InChI is InChI=1S/C24H34N7O6P/c1-15(2)37-23(33)24(4,5)30-38(34,29-22(32)17-7-9-18(35-6)10-8-17)14-36-16(3)11-31-13-28-19-20(25)26-12-27-21(19)31/h7-10,12-13,15-16H,11,14H2,1-6H3,(H2,25,26,27)(H2,29,30,32,34). The Hall–Kier alpha value is -3.54. The number of carbonyl (C=O) groups excluding carboxylic acids is 2. The molecule has 0 bridgehead atoms. The first-order valence-electron chi connectivity index (χ1n) is 11.9. The molecule has 13 nitrogen and oxygen atoms in total. The van der Waals surface area contributed by atoms with E-state index < -0.39 is 37.3 Å². The van der Waals surface area contributed by atoms with E-state index in [1.807, 2.05) is 0 Å². The zero-order valence-electron chi connectivity index (χ0n) is 22.3. The molecule has 2 aromatic heterocycles. The second kappa shape index (κ2) is 11.9. The third-order valence-electron chi connectivity index (χ3n) is 5.37. The van der Waals surface area contributed by atoms with Gasteiger partial charge in [0, 0.05) is 5.56 Å². The first kappa shape index (κ1) is 29.0. The number of hydrogen-bond acceptors (Lipinski definition) is 10. The first-order chi connectivity index (χ1) is 17.8. The Morgan fingerprint density at radius 2 is 1.82 bits per heavy atom. The van der Waals surface area contributed by atoms with E-state index in [1.165, 1.54) is 39.4 Å². The van der Waals surface area contributed by atoms with Crippen molar-refractivity contribution in [1.82, 2.24) is 29.7 Å². The quantitative estimate of drug-likeness (QED) is 0.225. The number of amides is 1. The van der Waals surface area contributed by atoms with Crippen molar-refractivity contribution in [2.75, 3.05) is 19.2 Å². The zero-order chi connectivity index (χ0) is 28.1. The molecule has 14 heteroatoms. The molecule has 0 aliphatic carbocycles. The highest BCUT2D eigenvalue weighted by atomic mass is 31.2. The highest BCUT2D eigenvalue weighted by Crippen LogP contribution is 2.40. The van der Waals surface area contributed by atoms with Crippen LogP contribution in [0.15, 0.2) is 36.9 Å². The van der Waals surface area contributed by atoms with Gasteiger partial charge in [-0.3, -0.25) is 19.2 Å². The van der Waals surface area contributed by atoms with Crippen molar-refractivity contribution >= 4 is 36.3 Å². The van der Waals surface area contributed by atoms with Gasteiger partial charge < -0.3 is 24.5 Å². The van der Waals surface area contributed by atoms with Crippen LogP contribution in [0.5, 0.6) is 5.75 Å². The van der Waals surface area contributed by atoms with E-state index in [9.17, 15) is 14.2 Å². The maximum atomic E-state index is 14.0. The number of hydrogen-bond donors (Lipinski definition) is 3. The molecule has 206 valence electrons. The van der Waals surface area contributed by atoms with E-state index in [1.54, 1.807) is 43.8 Å². The van der Waals surface area contributed by atoms with Crippen molar-refractivity contribution in [3.8, 4) is 5.75 Å². The smallest absolute Gasteiger partial charge is 0.326 e. The highest BCUT2D eigenvalue weighted by Gasteiger charge is 2.39. The highest BCUT2D eigenvalue weighted by molar-refractivity contribution is 7.60. The van der Waals surface area contributed by atoms with E-state index in [0.717, 1.165) is 0 Å². The molecule has 0 aliphatic rings. The third-order valence-corrected chi connectivity index (χ3v) is 7.37. The minimum absolute atomic E-state index is 0.255. The number of carbonyl (C=O) groups is 2. The number of benzene rings is 1. The van der Waals surface area contributed by atoms with Crippen LogP contribution in [0.2, 0.25) is 0 Å². The maximum absolute atomic E-state index is 14.0. The topological polar surface area (TPSA) is 173 Å². The normalized spacial score (nSPS) is 14.2. The van der Waals surface area contributed by atoms with E-state index in [2.05, 4.69) is 25.1 Å². The third kappa shape index (κ3) is 7.27. The van der Waals surface area contributed by atoms with Crippen LogP contribution in [0, 0.1) is 0 Å². The van der Waals surface area contributed by atoms with Gasteiger partial charge in [0.25, 0.3) is 13.4 Å². The molecule has 3 rings (SSSR count). The van der Waals surface area contributed by atoms with Gasteiger partial charge in [-0.2, -0.15) is 0 Å². The average molecular weight is 548 g/mol. The van der Waals surface area contributed by atoms with Gasteiger partial charge in [0.2, 0.25) is 0 Å². The van der Waals surface area contributed by atoms with Crippen molar-refractivity contribution in [3.63, 3.8) is 0 Å². The summed E-state index contributed by atoms with van der Waals surface area (Å²) >= 11 is 0. The first-order valence-corrected chi connectivity index (χ1v) is 13.8. The number of methoxy groups -OCH3 is 1. The number of ether oxygens (including phenoxy) is 3. The summed E-state index contributed by atoms with van der Waals surface area (Å²) in [6.07, 6.45) is 1.63. The van der Waals surface area contributed by atoms with Crippen molar-refractivity contribution in [2.45, 2.75) is 58.9 Å². The van der Waals surface area contributed by atoms with Crippen LogP contribution in [0.3, 0.4) is 0 Å². The van der Waals surface area contributed by atoms with Gasteiger partial charge in [-0.15, -0.1) is 0 Å². The monoisotopic (exact) mass is 547 g/mol. The predicted molar refractivity (Wildman–Crippen MR) is 142 cm³/mol. The lowest BCUT2D eigenvalue weighted by Crippen LogP contribution is -2.49. The molecule has 0 saturated carbocycles. The lowest BCUT2D eigenvalue weighted by atomic mass is 10.1. The fraction of sp³-hybridized carbons (Fsp3) is 0.458. The number of anilines is 1. The van der Waals surface area contributed by atoms with Crippen LogP contribution in [-0.4, -0.2) is 62.6 Å². The second-order valence-corrected chi connectivity index (χ2v) is 11.7. The van der Waals surface area contributed by atoms with Crippen LogP contribution in [0.25, 0.3) is 11.2 Å². The molecule has 0 spiro atoms. The zero-order valence-corrected chi connectivity index (χ0v) is 23.2. The van der Waals surface area contributed by atoms with Gasteiger partial charge in [-0.05, 0) is 58.9 Å². The van der Waals surface area contributed by atoms with E-state index >= 15 is 0 Å². The molecular formula is C24H34N7O6P. The number of rotatable bonds is 12. The summed E-state index contributed by atoms with van der Waals surface area (Å²) in [5, 5.41) is 5.33. The lowest BCUT2D eigenvalue weighted by molar-refractivity contribution is -0.153. The van der Waals surface area contributed by atoms with Gasteiger partial charge >= 0.3 is 5.97 Å². The van der Waals surface area contributed by atoms with E-state index in [0.29, 0.717) is 23.5 Å². The minimum atomic E-state index is -3.85. The molecular weight excluding hydrogens is 513 g/mol. The van der Waals surface area contributed by atoms with Crippen LogP contribution >= 0.6 is 7.44 Å². The Balaban J connectivity index is 1.78. The largest absolute Gasteiger partial charge is 0.497 e. The summed E-state index contributed by atoms with van der Waals surface area (Å²) in [7, 11) is -2.34. The number of nitrogens with zero attached hydrogens (tertiary/aromatic N) is 4. The molecule has 0 radical (unpaired) electrons. The molecule has 1 aromatic carbocycles. The Labute approximate surface area is 220 Å². The molecule has 2 atom stereocenters. The Bertz CT molecular complexity index is 1330. The van der Waals surface area contributed by atoms with Crippen LogP contribution in [-0.2, 0) is 25.4 Å². The SMILES string of the molecule is COc1ccc(C(=O)NP(=O)(COC(C)Cn2cnc3c(N)ncnc32)NC(C)(C)C(=O)OC(C)C)cc1. The molecule has 0 saturated heterocycles. The summed E-state index contributed by atoms with van der Waals surface area (Å²) < 4.78 is 32.1. The number of fused-ring (bicyclic) bond motifs is 1. The van der Waals surface area contributed by atoms with Gasteiger partial charge in [-0.25, -0.2) is 20.0 Å². The number of nitrogens with two attached hydrogens (primary N) is 1. The van der Waals surface area contributed by atoms with Gasteiger partial charge in [0.05, 0.1) is 32.2 Å². The van der Waals surface area contributed by atoms with Crippen LogP contribution < -0.4 is 20.6 Å². The predicted octanol–water partition coefficient (Wildman–Crippen LogP) is 2.72. The molecule has 2 heterocycles. The van der Waals surface area contributed by atoms with E-state index in [4.69, 9.17) is 19.9 Å². The van der Waals surface area contributed by atoms with Crippen LogP contribution in [0.1, 0.15) is 45.0 Å². The van der Waals surface area contributed by atoms with E-state index in [-0.39, 0.29) is 17.5 Å². The van der Waals surface area contributed by atoms with Gasteiger partial charge in [0.15, 0.2) is 11.5 Å². The lowest BCUT2D eigenvalue weighted by Gasteiger charge is -2.31. The summed E-state index contributed by atoms with van der Waals surface area (Å²) in [4.78, 5) is 38.0. The number of imidazole rings is 1. The van der Waals surface area contributed by atoms with Crippen molar-refractivity contribution in [2.24, 2.45) is 0 Å². The number of aromatic nitrogens is 4. The number of esters is 1. The summed E-state index contributed by atoms with van der Waals surface area (Å²) in [6, 6.07) is 6.30. The van der Waals surface area contributed by atoms with Crippen molar-refractivity contribution < 1.29 is 28.4 Å². The fourth-order valence-electron chi connectivity index (χ4n) is 3.52. The molecule has 1 amide bonds.